The van der Waals surface area contributed by atoms with Gasteiger partial charge in [-0.25, -0.2) is 0 Å². The number of aliphatic hydroxyl groups is 3. The molecular formula is C55H58O16. The Morgan fingerprint density at radius 1 is 0.394 bits per heavy atom. The third-order valence-electron chi connectivity index (χ3n) is 13.7. The molecule has 0 fully saturated rings. The molecule has 16 heteroatoms. The summed E-state index contributed by atoms with van der Waals surface area (Å²) in [6.07, 6.45) is -6.88. The number of benzene rings is 6. The van der Waals surface area contributed by atoms with Gasteiger partial charge in [-0.2, -0.15) is 0 Å². The largest absolute Gasteiger partial charge is 0.497 e. The van der Waals surface area contributed by atoms with E-state index in [2.05, 4.69) is 0 Å². The van der Waals surface area contributed by atoms with Crippen molar-refractivity contribution in [3.8, 4) is 74.7 Å². The van der Waals surface area contributed by atoms with Crippen molar-refractivity contribution in [1.82, 2.24) is 0 Å². The molecule has 6 aromatic carbocycles. The van der Waals surface area contributed by atoms with Gasteiger partial charge in [0, 0.05) is 58.2 Å². The van der Waals surface area contributed by atoms with E-state index in [0.717, 1.165) is 0 Å². The number of fused-ring (bicyclic) bond motifs is 4. The minimum Gasteiger partial charge on any atom is -0.497 e. The van der Waals surface area contributed by atoms with Crippen LogP contribution >= 0.6 is 0 Å². The lowest BCUT2D eigenvalue weighted by atomic mass is 9.72. The summed E-state index contributed by atoms with van der Waals surface area (Å²) in [5, 5.41) is 38.7. The molecule has 8 atom stereocenters. The van der Waals surface area contributed by atoms with E-state index in [-0.39, 0.29) is 17.9 Å². The van der Waals surface area contributed by atoms with E-state index in [9.17, 15) is 15.3 Å². The second kappa shape index (κ2) is 20.1. The van der Waals surface area contributed by atoms with Crippen LogP contribution in [0.1, 0.15) is 74.7 Å². The summed E-state index contributed by atoms with van der Waals surface area (Å²) < 4.78 is 79.0. The van der Waals surface area contributed by atoms with Crippen molar-refractivity contribution in [3.05, 3.63) is 136 Å². The molecule has 0 bridgehead atoms. The highest BCUT2D eigenvalue weighted by Crippen LogP contribution is 2.62. The third-order valence-corrected chi connectivity index (χ3v) is 13.7. The van der Waals surface area contributed by atoms with Crippen LogP contribution in [-0.2, 0) is 6.42 Å². The molecule has 374 valence electrons. The topological polar surface area (TPSA) is 181 Å². The first-order valence-corrected chi connectivity index (χ1v) is 22.9. The van der Waals surface area contributed by atoms with Crippen LogP contribution in [0.25, 0.3) is 0 Å². The van der Waals surface area contributed by atoms with Gasteiger partial charge in [-0.05, 0) is 65.2 Å². The third kappa shape index (κ3) is 8.38. The Balaban J connectivity index is 1.37. The van der Waals surface area contributed by atoms with Crippen molar-refractivity contribution in [2.75, 3.05) is 71.1 Å². The van der Waals surface area contributed by atoms with Gasteiger partial charge < -0.3 is 76.9 Å². The van der Waals surface area contributed by atoms with Gasteiger partial charge in [0.15, 0.2) is 46.7 Å². The number of methoxy groups -OCH3 is 10. The van der Waals surface area contributed by atoms with Gasteiger partial charge in [0.1, 0.15) is 58.6 Å². The molecule has 6 aromatic rings. The van der Waals surface area contributed by atoms with E-state index in [1.54, 1.807) is 115 Å². The lowest BCUT2D eigenvalue weighted by molar-refractivity contribution is -0.00676. The van der Waals surface area contributed by atoms with Gasteiger partial charge >= 0.3 is 0 Å². The molecule has 0 saturated heterocycles. The Bertz CT molecular complexity index is 2920. The SMILES string of the molecule is COc1ccc2c(c1)O[C@H](c1ccc(OC)c(OC)c1)[C@@H](O)[C@@H]2c1c2c(c3c(c1OC)[C@H](c1ccc(OC)cc1OC)[C@H](O)[C@@H](c1ccc(OC)c(OC)c1)O3)C[C@H](O)[C@@H](c1ccc(OC)c(OC)c1)O2. The number of aliphatic hydroxyl groups excluding tert-OH is 3. The minimum absolute atomic E-state index is 0.0111. The predicted molar refractivity (Wildman–Crippen MR) is 260 cm³/mol. The molecule has 3 heterocycles. The molecule has 0 aromatic heterocycles. The quantitative estimate of drug-likeness (QED) is 0.0898. The van der Waals surface area contributed by atoms with Crippen LogP contribution in [0.15, 0.2) is 91.0 Å². The van der Waals surface area contributed by atoms with Gasteiger partial charge in [0.2, 0.25) is 0 Å². The maximum atomic E-state index is 13.2. The summed E-state index contributed by atoms with van der Waals surface area (Å²) in [6, 6.07) is 26.7. The first kappa shape index (κ1) is 48.6. The van der Waals surface area contributed by atoms with Crippen LogP contribution < -0.4 is 61.6 Å². The standard InChI is InChI=1S/C55H58O16/c1-59-30-14-16-32(39(24-30)64-6)44-46-54(71-52(49(44)58)29-13-20-38(63-5)43(23-29)67-9)34-26-35(56)50(27-11-18-36(61-3)41(21-27)65-7)70-53(34)47(55(46)68-10)45-33-17-15-31(60-2)25-40(33)69-51(48(45)57)28-12-19-37(62-4)42(22-28)66-8/h11-25,35,44-45,48-52,56-58H,26H2,1-10H3/t35-,44-,45-,48-,49-,50+,51+,52+/m0/s1. The molecule has 0 saturated carbocycles. The van der Waals surface area contributed by atoms with Gasteiger partial charge in [0.05, 0.1) is 77.2 Å². The first-order chi connectivity index (χ1) is 34.5. The summed E-state index contributed by atoms with van der Waals surface area (Å²) in [7, 11) is 15.4. The fourth-order valence-corrected chi connectivity index (χ4v) is 10.3. The van der Waals surface area contributed by atoms with E-state index in [0.29, 0.717) is 108 Å². The molecule has 0 unspecified atom stereocenters. The lowest BCUT2D eigenvalue weighted by Crippen LogP contribution is -2.40. The summed E-state index contributed by atoms with van der Waals surface area (Å²) in [4.78, 5) is 0. The van der Waals surface area contributed by atoms with Crippen molar-refractivity contribution in [2.24, 2.45) is 0 Å². The smallest absolute Gasteiger partial charge is 0.161 e. The molecule has 0 spiro atoms. The minimum atomic E-state index is -1.34. The normalized spacial score (nSPS) is 21.9. The molecule has 0 radical (unpaired) electrons. The maximum Gasteiger partial charge on any atom is 0.161 e. The number of hydrogen-bond acceptors (Lipinski definition) is 16. The van der Waals surface area contributed by atoms with Crippen LogP contribution in [-0.4, -0.2) is 105 Å². The van der Waals surface area contributed by atoms with E-state index in [4.69, 9.17) is 61.6 Å². The molecule has 9 rings (SSSR count). The number of hydrogen-bond donors (Lipinski definition) is 3. The molecule has 0 aliphatic carbocycles. The van der Waals surface area contributed by atoms with Crippen LogP contribution in [0.5, 0.6) is 74.7 Å². The summed E-state index contributed by atoms with van der Waals surface area (Å²) in [5.41, 5.74) is 4.17. The van der Waals surface area contributed by atoms with Crippen LogP contribution in [0.2, 0.25) is 0 Å². The van der Waals surface area contributed by atoms with E-state index in [1.165, 1.54) is 28.4 Å². The highest BCUT2D eigenvalue weighted by atomic mass is 16.5. The zero-order valence-corrected chi connectivity index (χ0v) is 41.1. The Hall–Kier alpha value is -7.40. The van der Waals surface area contributed by atoms with E-state index >= 15 is 0 Å². The Morgan fingerprint density at radius 2 is 0.817 bits per heavy atom. The fourth-order valence-electron chi connectivity index (χ4n) is 10.3. The van der Waals surface area contributed by atoms with Gasteiger partial charge in [-0.1, -0.05) is 30.3 Å². The highest BCUT2D eigenvalue weighted by molar-refractivity contribution is 5.72. The number of ether oxygens (including phenoxy) is 13. The maximum absolute atomic E-state index is 13.2. The summed E-state index contributed by atoms with van der Waals surface area (Å²) in [6.45, 7) is 0. The van der Waals surface area contributed by atoms with E-state index < -0.39 is 48.5 Å². The van der Waals surface area contributed by atoms with Gasteiger partial charge in [-0.3, -0.25) is 0 Å². The predicted octanol–water partition coefficient (Wildman–Crippen LogP) is 8.06. The molecular weight excluding hydrogens is 917 g/mol. The molecule has 3 N–H and O–H groups in total. The molecule has 16 nitrogen and oxygen atoms in total. The monoisotopic (exact) mass is 974 g/mol. The zero-order chi connectivity index (χ0) is 50.2. The zero-order valence-electron chi connectivity index (χ0n) is 41.1. The van der Waals surface area contributed by atoms with Crippen molar-refractivity contribution >= 4 is 0 Å². The molecule has 71 heavy (non-hydrogen) atoms. The number of rotatable bonds is 15. The molecule has 0 amide bonds. The first-order valence-electron chi connectivity index (χ1n) is 22.9. The highest BCUT2D eigenvalue weighted by Gasteiger charge is 2.51. The summed E-state index contributed by atoms with van der Waals surface area (Å²) in [5.74, 6) is 3.51. The van der Waals surface area contributed by atoms with Crippen molar-refractivity contribution in [1.29, 1.82) is 0 Å². The van der Waals surface area contributed by atoms with Gasteiger partial charge in [-0.15, -0.1) is 0 Å². The van der Waals surface area contributed by atoms with Crippen molar-refractivity contribution in [2.45, 2.75) is 54.9 Å². The van der Waals surface area contributed by atoms with Crippen LogP contribution in [0.4, 0.5) is 0 Å². The van der Waals surface area contributed by atoms with Crippen molar-refractivity contribution < 1.29 is 76.9 Å². The van der Waals surface area contributed by atoms with E-state index in [1.807, 2.05) is 18.2 Å². The summed E-state index contributed by atoms with van der Waals surface area (Å²) >= 11 is 0. The van der Waals surface area contributed by atoms with Crippen LogP contribution in [0, 0.1) is 0 Å². The molecule has 3 aliphatic rings. The Kier molecular flexibility index (Phi) is 13.8. The average Bonchev–Trinajstić information content (AvgIpc) is 3.41. The van der Waals surface area contributed by atoms with Crippen LogP contribution in [0.3, 0.4) is 0 Å². The Labute approximate surface area is 411 Å². The Morgan fingerprint density at radius 3 is 1.28 bits per heavy atom. The lowest BCUT2D eigenvalue weighted by Gasteiger charge is -2.44. The van der Waals surface area contributed by atoms with Crippen molar-refractivity contribution in [3.63, 3.8) is 0 Å². The second-order valence-electron chi connectivity index (χ2n) is 17.2. The second-order valence-corrected chi connectivity index (χ2v) is 17.2. The van der Waals surface area contributed by atoms with Gasteiger partial charge in [0.25, 0.3) is 0 Å². The fraction of sp³-hybridized carbons (Fsp3) is 0.345. The molecule has 3 aliphatic heterocycles. The average molecular weight is 975 g/mol.